The summed E-state index contributed by atoms with van der Waals surface area (Å²) in [5.74, 6) is 0. The van der Waals surface area contributed by atoms with E-state index in [-0.39, 0.29) is 41.7 Å². The zero-order valence-corrected chi connectivity index (χ0v) is 9.91. The van der Waals surface area contributed by atoms with Gasteiger partial charge in [0.1, 0.15) is 0 Å². The van der Waals surface area contributed by atoms with E-state index in [0.29, 0.717) is 0 Å². The maximum Gasteiger partial charge on any atom is 3.00 e. The third-order valence-corrected chi connectivity index (χ3v) is 0. The molecular formula is B3CeF12. The van der Waals surface area contributed by atoms with Crippen LogP contribution >= 0.6 is 0 Å². The van der Waals surface area contributed by atoms with Gasteiger partial charge in [-0.25, -0.2) is 0 Å². The molecule has 0 heterocycles. The second kappa shape index (κ2) is 9.73. The fraction of sp³-hybridized carbons (Fsp3) is 0. The van der Waals surface area contributed by atoms with Crippen molar-refractivity contribution in [2.75, 3.05) is 0 Å². The molecular weight excluding hydrogens is 401 g/mol. The summed E-state index contributed by atoms with van der Waals surface area (Å²) >= 11 is 0. The van der Waals surface area contributed by atoms with E-state index in [0.717, 1.165) is 0 Å². The smallest absolute Gasteiger partial charge is 0.418 e. The van der Waals surface area contributed by atoms with Gasteiger partial charge in [0.05, 0.1) is 0 Å². The van der Waals surface area contributed by atoms with Crippen LogP contribution in [0.15, 0.2) is 0 Å². The molecule has 0 aliphatic carbocycles. The standard InChI is InChI=1S/3BF4.Ce/c3*2-1(3,4)5;/q3*-1;+3. The van der Waals surface area contributed by atoms with E-state index in [1.54, 1.807) is 0 Å². The Kier molecular flexibility index (Phi) is 15.5. The van der Waals surface area contributed by atoms with Gasteiger partial charge in [-0.2, -0.15) is 0 Å². The molecule has 0 spiro atoms. The minimum absolute atomic E-state index is 0. The van der Waals surface area contributed by atoms with Gasteiger partial charge in [0, 0.05) is 0 Å². The number of hydrogen-bond donors (Lipinski definition) is 0. The van der Waals surface area contributed by atoms with Crippen LogP contribution in [0.3, 0.4) is 0 Å². The summed E-state index contributed by atoms with van der Waals surface area (Å²) in [4.78, 5) is 0. The Hall–Kier alpha value is 0.731. The van der Waals surface area contributed by atoms with Gasteiger partial charge in [-0.05, 0) is 0 Å². The molecule has 16 heteroatoms. The first kappa shape index (κ1) is 25.5. The quantitative estimate of drug-likeness (QED) is 0.427. The monoisotopic (exact) mass is 401 g/mol. The normalized spacial score (nSPS) is 11.2. The molecule has 0 aliphatic heterocycles. The Bertz CT molecular complexity index is 91.3. The van der Waals surface area contributed by atoms with Crippen LogP contribution in [0.1, 0.15) is 0 Å². The van der Waals surface area contributed by atoms with E-state index in [9.17, 15) is 51.8 Å². The summed E-state index contributed by atoms with van der Waals surface area (Å²) < 4.78 is 117. The Morgan fingerprint density at radius 1 is 0.312 bits per heavy atom. The first-order chi connectivity index (χ1) is 6.00. The fourth-order valence-electron chi connectivity index (χ4n) is 0. The first-order valence-corrected chi connectivity index (χ1v) is 2.62. The Labute approximate surface area is 115 Å². The minimum Gasteiger partial charge on any atom is -0.418 e. The molecule has 0 saturated heterocycles. The van der Waals surface area contributed by atoms with Crippen molar-refractivity contribution in [1.29, 1.82) is 0 Å². The van der Waals surface area contributed by atoms with Crippen molar-refractivity contribution in [3.05, 3.63) is 0 Å². The zero-order chi connectivity index (χ0) is 13.5. The van der Waals surface area contributed by atoms with E-state index in [1.807, 2.05) is 0 Å². The average molecular weight is 401 g/mol. The van der Waals surface area contributed by atoms with Gasteiger partial charge in [-0.1, -0.05) is 0 Å². The molecule has 1 radical (unpaired) electrons. The van der Waals surface area contributed by atoms with E-state index >= 15 is 0 Å². The predicted molar refractivity (Wildman–Crippen MR) is 30.6 cm³/mol. The van der Waals surface area contributed by atoms with Gasteiger partial charge in [0.25, 0.3) is 0 Å². The van der Waals surface area contributed by atoms with Gasteiger partial charge in [-0.3, -0.25) is 0 Å². The van der Waals surface area contributed by atoms with Crippen LogP contribution in [0.25, 0.3) is 0 Å². The maximum atomic E-state index is 9.75. The SMILES string of the molecule is F[B-](F)(F)F.F[B-](F)(F)F.F[B-](F)(F)F.[Ce+3]. The Balaban J connectivity index is -0.0000000655. The molecule has 16 heavy (non-hydrogen) atoms. The molecule has 0 fully saturated rings. The second-order valence-corrected chi connectivity index (χ2v) is 1.48. The average Bonchev–Trinajstić information content (AvgIpc) is 1.41. The van der Waals surface area contributed by atoms with Crippen molar-refractivity contribution in [2.24, 2.45) is 0 Å². The van der Waals surface area contributed by atoms with Crippen LogP contribution in [-0.4, -0.2) is 21.8 Å². The van der Waals surface area contributed by atoms with E-state index in [1.165, 1.54) is 0 Å². The summed E-state index contributed by atoms with van der Waals surface area (Å²) in [5, 5.41) is 0. The van der Waals surface area contributed by atoms with Gasteiger partial charge in [0.2, 0.25) is 0 Å². The Morgan fingerprint density at radius 2 is 0.312 bits per heavy atom. The molecule has 0 atom stereocenters. The molecule has 0 unspecified atom stereocenters. The topological polar surface area (TPSA) is 0 Å². The number of halogens is 12. The van der Waals surface area contributed by atoms with Crippen LogP contribution in [0.2, 0.25) is 0 Å². The van der Waals surface area contributed by atoms with E-state index in [4.69, 9.17) is 0 Å². The third-order valence-electron chi connectivity index (χ3n) is 0. The van der Waals surface area contributed by atoms with Crippen molar-refractivity contribution in [2.45, 2.75) is 0 Å². The van der Waals surface area contributed by atoms with Gasteiger partial charge >= 0.3 is 63.5 Å². The molecule has 0 aromatic rings. The summed E-state index contributed by atoms with van der Waals surface area (Å²) in [6.45, 7) is 0. The minimum atomic E-state index is -6.00. The zero-order valence-electron chi connectivity index (χ0n) is 6.77. The molecule has 0 saturated carbocycles. The molecule has 0 nitrogen and oxygen atoms in total. The van der Waals surface area contributed by atoms with Crippen LogP contribution in [0.4, 0.5) is 51.8 Å². The van der Waals surface area contributed by atoms with Crippen molar-refractivity contribution in [1.82, 2.24) is 0 Å². The van der Waals surface area contributed by atoms with Crippen LogP contribution in [0, 0.1) is 41.7 Å². The van der Waals surface area contributed by atoms with E-state index in [2.05, 4.69) is 0 Å². The van der Waals surface area contributed by atoms with Gasteiger partial charge in [0.15, 0.2) is 0 Å². The van der Waals surface area contributed by atoms with Gasteiger partial charge < -0.3 is 51.8 Å². The third kappa shape index (κ3) is 5190. The summed E-state index contributed by atoms with van der Waals surface area (Å²) in [6.07, 6.45) is 0. The van der Waals surface area contributed by atoms with Crippen LogP contribution < -0.4 is 0 Å². The maximum absolute atomic E-state index is 9.75. The predicted octanol–water partition coefficient (Wildman–Crippen LogP) is 3.90. The molecule has 0 bridgehead atoms. The Morgan fingerprint density at radius 3 is 0.312 bits per heavy atom. The molecule has 0 amide bonds. The van der Waals surface area contributed by atoms with Crippen molar-refractivity contribution in [3.8, 4) is 0 Å². The molecule has 0 N–H and O–H groups in total. The number of rotatable bonds is 0. The fourth-order valence-corrected chi connectivity index (χ4v) is 0. The van der Waals surface area contributed by atoms with Crippen molar-refractivity contribution >= 4 is 21.8 Å². The first-order valence-electron chi connectivity index (χ1n) is 2.62. The van der Waals surface area contributed by atoms with Gasteiger partial charge in [-0.15, -0.1) is 0 Å². The van der Waals surface area contributed by atoms with Crippen molar-refractivity contribution < 1.29 is 93.5 Å². The van der Waals surface area contributed by atoms with Crippen molar-refractivity contribution in [3.63, 3.8) is 0 Å². The summed E-state index contributed by atoms with van der Waals surface area (Å²) in [6, 6.07) is 0. The summed E-state index contributed by atoms with van der Waals surface area (Å²) in [7, 11) is -18.0. The molecule has 97 valence electrons. The van der Waals surface area contributed by atoms with Crippen LogP contribution in [0.5, 0.6) is 0 Å². The number of hydrogen-bond acceptors (Lipinski definition) is 0. The summed E-state index contributed by atoms with van der Waals surface area (Å²) in [5.41, 5.74) is 0. The molecule has 0 aromatic carbocycles. The second-order valence-electron chi connectivity index (χ2n) is 1.48. The largest absolute Gasteiger partial charge is 3.00 e. The molecule has 0 rings (SSSR count). The van der Waals surface area contributed by atoms with Crippen LogP contribution in [-0.2, 0) is 0 Å². The molecule has 0 aliphatic rings. The molecule has 0 aromatic heterocycles. The van der Waals surface area contributed by atoms with E-state index < -0.39 is 21.8 Å².